The number of nitrogens with zero attached hydrogens (tertiary/aromatic N) is 1. The minimum absolute atomic E-state index is 0.0359. The zero-order chi connectivity index (χ0) is 24.1. The third-order valence-corrected chi connectivity index (χ3v) is 6.56. The van der Waals surface area contributed by atoms with Crippen molar-refractivity contribution in [3.8, 4) is 0 Å². The van der Waals surface area contributed by atoms with Gasteiger partial charge in [-0.2, -0.15) is 0 Å². The van der Waals surface area contributed by atoms with Gasteiger partial charge in [0.05, 0.1) is 17.8 Å². The molecule has 5 nitrogen and oxygen atoms in total. The van der Waals surface area contributed by atoms with Gasteiger partial charge in [-0.25, -0.2) is 0 Å². The molecule has 0 aromatic heterocycles. The van der Waals surface area contributed by atoms with Gasteiger partial charge in [0.15, 0.2) is 0 Å². The molecule has 0 spiro atoms. The monoisotopic (exact) mass is 457 g/mol. The lowest BCUT2D eigenvalue weighted by atomic mass is 9.88. The number of benzene rings is 1. The average molecular weight is 458 g/mol. The van der Waals surface area contributed by atoms with Crippen LogP contribution in [-0.4, -0.2) is 24.8 Å². The molecule has 4 rings (SSSR count). The first-order valence-corrected chi connectivity index (χ1v) is 12.2. The van der Waals surface area contributed by atoms with Crippen molar-refractivity contribution >= 4 is 12.1 Å². The fourth-order valence-corrected chi connectivity index (χ4v) is 4.95. The van der Waals surface area contributed by atoms with Crippen LogP contribution in [0.5, 0.6) is 0 Å². The van der Waals surface area contributed by atoms with Gasteiger partial charge in [0.1, 0.15) is 0 Å². The van der Waals surface area contributed by atoms with Crippen LogP contribution in [0.4, 0.5) is 0 Å². The lowest BCUT2D eigenvalue weighted by molar-refractivity contribution is -0.123. The number of hydrogen-bond donors (Lipinski definition) is 2. The zero-order valence-electron chi connectivity index (χ0n) is 20.4. The molecule has 0 fully saturated rings. The fourth-order valence-electron chi connectivity index (χ4n) is 4.95. The molecule has 178 valence electrons. The van der Waals surface area contributed by atoms with Gasteiger partial charge in [-0.1, -0.05) is 53.1 Å². The van der Waals surface area contributed by atoms with Crippen molar-refractivity contribution in [3.63, 3.8) is 0 Å². The smallest absolute Gasteiger partial charge is 0.232 e. The van der Waals surface area contributed by atoms with Gasteiger partial charge < -0.3 is 15.8 Å². The number of ether oxygens (including phenoxy) is 1. The first-order valence-electron chi connectivity index (χ1n) is 12.2. The standard InChI is InChI=1S/C29H35N3O2/c1-19-12-20(2)14-22(13-19)15-21(3)34-27-8-5-23(6-9-27)28(17-30)29(33)32-26-7-4-25-18-31-11-10-24(25)16-26/h4-5,7-8,10-14,18,21,24,28H,6,9,15-17,30H2,1-3H3,(H,32,33). The molecule has 3 aliphatic rings. The molecule has 0 bridgehead atoms. The Kier molecular flexibility index (Phi) is 7.63. The summed E-state index contributed by atoms with van der Waals surface area (Å²) in [5.74, 6) is 0.873. The molecule has 1 heterocycles. The van der Waals surface area contributed by atoms with Gasteiger partial charge in [0, 0.05) is 43.4 Å². The molecule has 1 aromatic carbocycles. The maximum absolute atomic E-state index is 13.0. The highest BCUT2D eigenvalue weighted by Crippen LogP contribution is 2.29. The van der Waals surface area contributed by atoms with Crippen molar-refractivity contribution < 1.29 is 9.53 Å². The molecule has 0 saturated heterocycles. The van der Waals surface area contributed by atoms with E-state index in [9.17, 15) is 4.79 Å². The van der Waals surface area contributed by atoms with Crippen LogP contribution in [0.2, 0.25) is 0 Å². The Morgan fingerprint density at radius 3 is 2.65 bits per heavy atom. The van der Waals surface area contributed by atoms with Crippen molar-refractivity contribution in [2.75, 3.05) is 6.54 Å². The van der Waals surface area contributed by atoms with E-state index in [2.05, 4.69) is 55.4 Å². The van der Waals surface area contributed by atoms with Gasteiger partial charge in [-0.3, -0.25) is 9.79 Å². The van der Waals surface area contributed by atoms with E-state index in [0.717, 1.165) is 42.7 Å². The van der Waals surface area contributed by atoms with Crippen LogP contribution in [0.3, 0.4) is 0 Å². The van der Waals surface area contributed by atoms with Crippen molar-refractivity contribution in [2.24, 2.45) is 22.6 Å². The first kappa shape index (κ1) is 24.0. The normalized spacial score (nSPS) is 20.9. The Morgan fingerprint density at radius 1 is 1.15 bits per heavy atom. The summed E-state index contributed by atoms with van der Waals surface area (Å²) in [6.07, 6.45) is 17.1. The molecule has 2 aliphatic carbocycles. The van der Waals surface area contributed by atoms with E-state index in [1.807, 2.05) is 36.7 Å². The second kappa shape index (κ2) is 10.8. The molecule has 1 amide bonds. The van der Waals surface area contributed by atoms with Crippen molar-refractivity contribution in [1.82, 2.24) is 5.32 Å². The lowest BCUT2D eigenvalue weighted by Gasteiger charge is -2.26. The summed E-state index contributed by atoms with van der Waals surface area (Å²) in [5.41, 5.74) is 13.0. The highest BCUT2D eigenvalue weighted by Gasteiger charge is 2.26. The topological polar surface area (TPSA) is 76.7 Å². The minimum atomic E-state index is -0.333. The Balaban J connectivity index is 1.34. The second-order valence-corrected chi connectivity index (χ2v) is 9.57. The van der Waals surface area contributed by atoms with Crippen LogP contribution in [0.25, 0.3) is 0 Å². The molecule has 3 unspecified atom stereocenters. The number of carbonyl (C=O) groups is 1. The Labute approximate surface area is 202 Å². The lowest BCUT2D eigenvalue weighted by Crippen LogP contribution is -2.37. The van der Waals surface area contributed by atoms with Crippen LogP contribution < -0.4 is 11.1 Å². The number of aliphatic imine (C=N–C) groups is 1. The van der Waals surface area contributed by atoms with E-state index < -0.39 is 0 Å². The summed E-state index contributed by atoms with van der Waals surface area (Å²) in [4.78, 5) is 17.2. The number of aryl methyl sites for hydroxylation is 2. The Bertz CT molecular complexity index is 1100. The number of amides is 1. The molecular formula is C29H35N3O2. The van der Waals surface area contributed by atoms with Gasteiger partial charge in [-0.15, -0.1) is 0 Å². The predicted octanol–water partition coefficient (Wildman–Crippen LogP) is 4.97. The summed E-state index contributed by atoms with van der Waals surface area (Å²) in [6.45, 7) is 6.65. The van der Waals surface area contributed by atoms with Crippen LogP contribution in [0.15, 0.2) is 82.4 Å². The summed E-state index contributed by atoms with van der Waals surface area (Å²) in [6, 6.07) is 6.64. The number of nitrogens with two attached hydrogens (primary N) is 1. The summed E-state index contributed by atoms with van der Waals surface area (Å²) >= 11 is 0. The number of hydrogen-bond acceptors (Lipinski definition) is 4. The van der Waals surface area contributed by atoms with Crippen LogP contribution >= 0.6 is 0 Å². The van der Waals surface area contributed by atoms with Crippen LogP contribution in [-0.2, 0) is 16.0 Å². The summed E-state index contributed by atoms with van der Waals surface area (Å²) < 4.78 is 6.22. The van der Waals surface area contributed by atoms with Gasteiger partial charge in [-0.05, 0) is 56.9 Å². The maximum Gasteiger partial charge on any atom is 0.232 e. The molecule has 1 aliphatic heterocycles. The Morgan fingerprint density at radius 2 is 1.94 bits per heavy atom. The molecule has 0 saturated carbocycles. The van der Waals surface area contributed by atoms with Gasteiger partial charge in [0.25, 0.3) is 0 Å². The molecule has 5 heteroatoms. The van der Waals surface area contributed by atoms with Crippen molar-refractivity contribution in [3.05, 3.63) is 94.1 Å². The Hall–Kier alpha value is -3.18. The van der Waals surface area contributed by atoms with E-state index in [0.29, 0.717) is 0 Å². The largest absolute Gasteiger partial charge is 0.495 e. The fraction of sp³-hybridized carbons (Fsp3) is 0.379. The summed E-state index contributed by atoms with van der Waals surface area (Å²) in [7, 11) is 0. The number of fused-ring (bicyclic) bond motifs is 1. The van der Waals surface area contributed by atoms with E-state index in [1.165, 1.54) is 22.3 Å². The number of allylic oxidation sites excluding steroid dienone is 8. The SMILES string of the molecule is Cc1cc(C)cc(CC(C)OC2=CC=C(C(CN)C(=O)NC3=CC=C4C=NC=CC4C3)CC2)c1. The van der Waals surface area contributed by atoms with E-state index >= 15 is 0 Å². The van der Waals surface area contributed by atoms with Gasteiger partial charge >= 0.3 is 0 Å². The van der Waals surface area contributed by atoms with Crippen molar-refractivity contribution in [1.29, 1.82) is 0 Å². The number of carbonyl (C=O) groups excluding carboxylic acids is 1. The van der Waals surface area contributed by atoms with Crippen LogP contribution in [0.1, 0.15) is 42.9 Å². The predicted molar refractivity (Wildman–Crippen MR) is 138 cm³/mol. The second-order valence-electron chi connectivity index (χ2n) is 9.57. The highest BCUT2D eigenvalue weighted by atomic mass is 16.5. The molecule has 34 heavy (non-hydrogen) atoms. The third kappa shape index (κ3) is 6.03. The maximum atomic E-state index is 13.0. The van der Waals surface area contributed by atoms with E-state index in [-0.39, 0.29) is 30.4 Å². The molecule has 3 atom stereocenters. The number of rotatable bonds is 8. The zero-order valence-corrected chi connectivity index (χ0v) is 20.4. The number of nitrogens with one attached hydrogen (secondary N) is 1. The van der Waals surface area contributed by atoms with E-state index in [4.69, 9.17) is 10.5 Å². The average Bonchev–Trinajstić information content (AvgIpc) is 2.80. The summed E-state index contributed by atoms with van der Waals surface area (Å²) in [5, 5.41) is 3.11. The highest BCUT2D eigenvalue weighted by molar-refractivity contribution is 5.85. The third-order valence-electron chi connectivity index (χ3n) is 6.56. The van der Waals surface area contributed by atoms with E-state index in [1.54, 1.807) is 0 Å². The molecule has 1 aromatic rings. The van der Waals surface area contributed by atoms with Gasteiger partial charge in [0.2, 0.25) is 5.91 Å². The quantitative estimate of drug-likeness (QED) is 0.578. The van der Waals surface area contributed by atoms with Crippen molar-refractivity contribution in [2.45, 2.75) is 52.6 Å². The molecule has 3 N–H and O–H groups in total. The first-order chi connectivity index (χ1) is 16.4. The minimum Gasteiger partial charge on any atom is -0.495 e. The van der Waals surface area contributed by atoms with Crippen LogP contribution in [0, 0.1) is 25.7 Å². The molecular weight excluding hydrogens is 422 g/mol. The molecule has 0 radical (unpaired) electrons.